The molecule has 8 nitrogen and oxygen atoms in total. The highest BCUT2D eigenvalue weighted by Crippen LogP contribution is 2.29. The molecule has 0 aliphatic rings. The van der Waals surface area contributed by atoms with Gasteiger partial charge < -0.3 is 18.9 Å². The second-order valence-electron chi connectivity index (χ2n) is 10.4. The van der Waals surface area contributed by atoms with Crippen molar-refractivity contribution < 1.29 is 18.4 Å². The molecular formula is C36H32N4O4. The summed E-state index contributed by atoms with van der Waals surface area (Å²) in [5.41, 5.74) is 4.75. The van der Waals surface area contributed by atoms with E-state index in [-0.39, 0.29) is 11.8 Å². The molecule has 1 atom stereocenters. The Morgan fingerprint density at radius 1 is 0.818 bits per heavy atom. The molecule has 0 radical (unpaired) electrons. The highest BCUT2D eigenvalue weighted by molar-refractivity contribution is 6.12. The zero-order chi connectivity index (χ0) is 30.3. The van der Waals surface area contributed by atoms with Gasteiger partial charge in [0.05, 0.1) is 24.8 Å². The highest BCUT2D eigenvalue weighted by atomic mass is 16.5. The van der Waals surface area contributed by atoms with Crippen molar-refractivity contribution in [3.05, 3.63) is 149 Å². The Hall–Kier alpha value is -5.50. The SMILES string of the molecule is Cc1nnc(CC(Nc2ccccc2C(=O)c2ccccc2)c2ccc(OCCc3nc(-c4ccccc4)oc3C)cc2)o1. The molecule has 0 saturated heterocycles. The summed E-state index contributed by atoms with van der Waals surface area (Å²) in [5, 5.41) is 11.8. The number of carbonyl (C=O) groups is 1. The van der Waals surface area contributed by atoms with E-state index in [0.717, 1.165) is 34.0 Å². The first-order valence-electron chi connectivity index (χ1n) is 14.5. The van der Waals surface area contributed by atoms with Crippen molar-refractivity contribution >= 4 is 11.5 Å². The zero-order valence-electron chi connectivity index (χ0n) is 24.6. The fourth-order valence-corrected chi connectivity index (χ4v) is 5.01. The minimum atomic E-state index is -0.247. The van der Waals surface area contributed by atoms with Crippen LogP contribution in [0, 0.1) is 13.8 Å². The van der Waals surface area contributed by atoms with Gasteiger partial charge in [0, 0.05) is 35.7 Å². The normalized spacial score (nSPS) is 11.7. The number of nitrogens with one attached hydrogen (secondary N) is 1. The van der Waals surface area contributed by atoms with E-state index in [9.17, 15) is 4.79 Å². The van der Waals surface area contributed by atoms with Crippen molar-refractivity contribution in [3.63, 3.8) is 0 Å². The second-order valence-corrected chi connectivity index (χ2v) is 10.4. The van der Waals surface area contributed by atoms with Crippen molar-refractivity contribution in [2.75, 3.05) is 11.9 Å². The van der Waals surface area contributed by atoms with Gasteiger partial charge in [0.25, 0.3) is 0 Å². The number of aromatic nitrogens is 3. The van der Waals surface area contributed by atoms with Gasteiger partial charge in [-0.2, -0.15) is 0 Å². The topological polar surface area (TPSA) is 103 Å². The summed E-state index contributed by atoms with van der Waals surface area (Å²) in [6, 6.07) is 34.3. The van der Waals surface area contributed by atoms with E-state index in [1.807, 2.05) is 116 Å². The van der Waals surface area contributed by atoms with E-state index in [1.165, 1.54) is 0 Å². The lowest BCUT2D eigenvalue weighted by atomic mass is 9.99. The smallest absolute Gasteiger partial charge is 0.226 e. The number of benzene rings is 4. The van der Waals surface area contributed by atoms with Gasteiger partial charge in [-0.3, -0.25) is 4.79 Å². The van der Waals surface area contributed by atoms with Crippen molar-refractivity contribution in [3.8, 4) is 17.2 Å². The molecule has 2 heterocycles. The van der Waals surface area contributed by atoms with Crippen LogP contribution in [0.25, 0.3) is 11.5 Å². The van der Waals surface area contributed by atoms with Crippen molar-refractivity contribution in [2.24, 2.45) is 0 Å². The summed E-state index contributed by atoms with van der Waals surface area (Å²) in [7, 11) is 0. The van der Waals surface area contributed by atoms with Gasteiger partial charge in [0.15, 0.2) is 5.78 Å². The quantitative estimate of drug-likeness (QED) is 0.147. The largest absolute Gasteiger partial charge is 0.493 e. The van der Waals surface area contributed by atoms with Crippen LogP contribution in [0.2, 0.25) is 0 Å². The van der Waals surface area contributed by atoms with E-state index < -0.39 is 0 Å². The minimum Gasteiger partial charge on any atom is -0.493 e. The lowest BCUT2D eigenvalue weighted by Gasteiger charge is -2.21. The van der Waals surface area contributed by atoms with Crippen LogP contribution in [0.15, 0.2) is 118 Å². The molecule has 2 aromatic heterocycles. The van der Waals surface area contributed by atoms with Gasteiger partial charge in [-0.1, -0.05) is 72.8 Å². The summed E-state index contributed by atoms with van der Waals surface area (Å²) >= 11 is 0. The number of hydrogen-bond acceptors (Lipinski definition) is 8. The molecule has 8 heteroatoms. The number of nitrogens with zero attached hydrogens (tertiary/aromatic N) is 3. The van der Waals surface area contributed by atoms with Crippen LogP contribution in [0.3, 0.4) is 0 Å². The molecule has 0 fully saturated rings. The Labute approximate surface area is 255 Å². The monoisotopic (exact) mass is 584 g/mol. The van der Waals surface area contributed by atoms with Crippen molar-refractivity contribution in [2.45, 2.75) is 32.7 Å². The summed E-state index contributed by atoms with van der Waals surface area (Å²) in [6.07, 6.45) is 1.06. The number of anilines is 1. The first kappa shape index (κ1) is 28.6. The second kappa shape index (κ2) is 13.2. The molecule has 1 unspecified atom stereocenters. The number of ketones is 1. The van der Waals surface area contributed by atoms with Crippen LogP contribution in [0.1, 0.15) is 50.8 Å². The number of hydrogen-bond donors (Lipinski definition) is 1. The van der Waals surface area contributed by atoms with Crippen LogP contribution in [0.4, 0.5) is 5.69 Å². The van der Waals surface area contributed by atoms with Gasteiger partial charge in [-0.15, -0.1) is 10.2 Å². The van der Waals surface area contributed by atoms with Gasteiger partial charge in [0.2, 0.25) is 17.7 Å². The molecule has 0 amide bonds. The van der Waals surface area contributed by atoms with Crippen LogP contribution in [-0.4, -0.2) is 27.6 Å². The Morgan fingerprint density at radius 2 is 1.52 bits per heavy atom. The lowest BCUT2D eigenvalue weighted by molar-refractivity contribution is 0.103. The molecule has 1 N–H and O–H groups in total. The van der Waals surface area contributed by atoms with Gasteiger partial charge in [-0.05, 0) is 48.9 Å². The fourth-order valence-electron chi connectivity index (χ4n) is 5.01. The molecule has 4 aromatic carbocycles. The molecule has 44 heavy (non-hydrogen) atoms. The Morgan fingerprint density at radius 3 is 2.25 bits per heavy atom. The molecule has 6 aromatic rings. The lowest BCUT2D eigenvalue weighted by Crippen LogP contribution is -2.16. The number of oxazole rings is 1. The molecule has 0 bridgehead atoms. The van der Waals surface area contributed by atoms with Crippen molar-refractivity contribution in [1.29, 1.82) is 0 Å². The summed E-state index contributed by atoms with van der Waals surface area (Å²) in [4.78, 5) is 18.1. The summed E-state index contributed by atoms with van der Waals surface area (Å²) in [6.45, 7) is 4.15. The van der Waals surface area contributed by atoms with E-state index in [1.54, 1.807) is 6.92 Å². The Kier molecular flexibility index (Phi) is 8.59. The van der Waals surface area contributed by atoms with Gasteiger partial charge >= 0.3 is 0 Å². The van der Waals surface area contributed by atoms with E-state index >= 15 is 0 Å². The predicted octanol–water partition coefficient (Wildman–Crippen LogP) is 7.59. The van der Waals surface area contributed by atoms with Crippen molar-refractivity contribution in [1.82, 2.24) is 15.2 Å². The number of ether oxygens (including phenoxy) is 1. The minimum absolute atomic E-state index is 0.0527. The third-order valence-electron chi connectivity index (χ3n) is 7.29. The average Bonchev–Trinajstić information content (AvgIpc) is 3.66. The standard InChI is InChI=1S/C36H32N4O4/c1-24-31(38-36(43-24)28-13-7-4-8-14-28)21-22-42-29-19-17-26(18-20-29)33(23-34-40-39-25(2)44-34)37-32-16-10-9-15-30(32)35(41)27-11-5-3-6-12-27/h3-20,33,37H,21-23H2,1-2H3. The molecule has 6 rings (SSSR count). The Bertz CT molecular complexity index is 1830. The summed E-state index contributed by atoms with van der Waals surface area (Å²) in [5.74, 6) is 3.10. The molecule has 0 saturated carbocycles. The van der Waals surface area contributed by atoms with E-state index in [4.69, 9.17) is 13.6 Å². The number of rotatable bonds is 12. The predicted molar refractivity (Wildman–Crippen MR) is 168 cm³/mol. The fraction of sp³-hybridized carbons (Fsp3) is 0.167. The maximum Gasteiger partial charge on any atom is 0.226 e. The van der Waals surface area contributed by atoms with Gasteiger partial charge in [0.1, 0.15) is 11.5 Å². The zero-order valence-corrected chi connectivity index (χ0v) is 24.6. The number of carbonyl (C=O) groups excluding carboxylic acids is 1. The summed E-state index contributed by atoms with van der Waals surface area (Å²) < 4.78 is 17.7. The molecule has 0 spiro atoms. The van der Waals surface area contributed by atoms with Crippen LogP contribution >= 0.6 is 0 Å². The number of para-hydroxylation sites is 1. The number of aryl methyl sites for hydroxylation is 2. The van der Waals surface area contributed by atoms with E-state index in [2.05, 4.69) is 20.5 Å². The molecule has 0 aliphatic carbocycles. The maximum atomic E-state index is 13.4. The average molecular weight is 585 g/mol. The third kappa shape index (κ3) is 6.76. The first-order chi connectivity index (χ1) is 21.5. The molecule has 220 valence electrons. The van der Waals surface area contributed by atoms with Crippen LogP contribution in [-0.2, 0) is 12.8 Å². The third-order valence-corrected chi connectivity index (χ3v) is 7.29. The molecule has 0 aliphatic heterocycles. The van der Waals surface area contributed by atoms with Crippen LogP contribution in [0.5, 0.6) is 5.75 Å². The first-order valence-corrected chi connectivity index (χ1v) is 14.5. The molecular weight excluding hydrogens is 552 g/mol. The van der Waals surface area contributed by atoms with E-state index in [0.29, 0.717) is 48.2 Å². The highest BCUT2D eigenvalue weighted by Gasteiger charge is 2.20. The van der Waals surface area contributed by atoms with Crippen LogP contribution < -0.4 is 10.1 Å². The maximum absolute atomic E-state index is 13.4. The van der Waals surface area contributed by atoms with Gasteiger partial charge in [-0.25, -0.2) is 4.98 Å². The Balaban J connectivity index is 1.17.